The molecule has 1 heterocycles. The Morgan fingerprint density at radius 1 is 1.73 bits per heavy atom. The minimum absolute atomic E-state index is 0.160. The van der Waals surface area contributed by atoms with E-state index < -0.39 is 0 Å². The Balaban J connectivity index is 2.65. The SMILES string of the molecule is NCc1cn(CC(N)=O)cn1. The van der Waals surface area contributed by atoms with Crippen molar-refractivity contribution in [1.29, 1.82) is 0 Å². The van der Waals surface area contributed by atoms with Crippen molar-refractivity contribution in [2.75, 3.05) is 0 Å². The fraction of sp³-hybridized carbons (Fsp3) is 0.333. The van der Waals surface area contributed by atoms with Gasteiger partial charge in [0.2, 0.25) is 5.91 Å². The summed E-state index contributed by atoms with van der Waals surface area (Å²) in [6, 6.07) is 0. The maximum atomic E-state index is 10.4. The minimum Gasteiger partial charge on any atom is -0.368 e. The van der Waals surface area contributed by atoms with Crippen LogP contribution in [0.5, 0.6) is 0 Å². The van der Waals surface area contributed by atoms with E-state index in [9.17, 15) is 4.79 Å². The largest absolute Gasteiger partial charge is 0.368 e. The molecule has 1 rings (SSSR count). The highest BCUT2D eigenvalue weighted by Crippen LogP contribution is 1.93. The highest BCUT2D eigenvalue weighted by atomic mass is 16.1. The number of hydrogen-bond donors (Lipinski definition) is 2. The Morgan fingerprint density at radius 3 is 2.91 bits per heavy atom. The number of nitrogens with zero attached hydrogens (tertiary/aromatic N) is 2. The molecule has 0 radical (unpaired) electrons. The molecular formula is C6H10N4O. The summed E-state index contributed by atoms with van der Waals surface area (Å²) in [4.78, 5) is 14.3. The second kappa shape index (κ2) is 3.16. The first kappa shape index (κ1) is 7.74. The summed E-state index contributed by atoms with van der Waals surface area (Å²) in [5.74, 6) is -0.383. The highest BCUT2D eigenvalue weighted by Gasteiger charge is 1.98. The van der Waals surface area contributed by atoms with E-state index in [1.54, 1.807) is 10.8 Å². The van der Waals surface area contributed by atoms with Gasteiger partial charge in [0.05, 0.1) is 12.0 Å². The maximum absolute atomic E-state index is 10.4. The topological polar surface area (TPSA) is 86.9 Å². The van der Waals surface area contributed by atoms with Gasteiger partial charge in [0.1, 0.15) is 6.54 Å². The molecule has 0 aromatic carbocycles. The lowest BCUT2D eigenvalue weighted by atomic mass is 10.5. The fourth-order valence-electron chi connectivity index (χ4n) is 0.778. The lowest BCUT2D eigenvalue weighted by Crippen LogP contribution is -2.17. The van der Waals surface area contributed by atoms with Crippen molar-refractivity contribution in [3.63, 3.8) is 0 Å². The third-order valence-electron chi connectivity index (χ3n) is 1.23. The van der Waals surface area contributed by atoms with Crippen molar-refractivity contribution in [2.45, 2.75) is 13.1 Å². The average Bonchev–Trinajstić information content (AvgIpc) is 2.34. The van der Waals surface area contributed by atoms with E-state index in [0.717, 1.165) is 5.69 Å². The first-order valence-electron chi connectivity index (χ1n) is 3.21. The van der Waals surface area contributed by atoms with Gasteiger partial charge in [0, 0.05) is 12.7 Å². The summed E-state index contributed by atoms with van der Waals surface area (Å²) in [5, 5.41) is 0. The molecule has 1 aromatic heterocycles. The van der Waals surface area contributed by atoms with E-state index in [0.29, 0.717) is 6.54 Å². The summed E-state index contributed by atoms with van der Waals surface area (Å²) < 4.78 is 1.60. The van der Waals surface area contributed by atoms with E-state index in [4.69, 9.17) is 11.5 Å². The first-order chi connectivity index (χ1) is 5.22. The molecule has 60 valence electrons. The molecule has 0 atom stereocenters. The number of aromatic nitrogens is 2. The number of nitrogens with two attached hydrogens (primary N) is 2. The van der Waals surface area contributed by atoms with Gasteiger partial charge in [-0.2, -0.15) is 0 Å². The number of rotatable bonds is 3. The van der Waals surface area contributed by atoms with E-state index in [1.807, 2.05) is 0 Å². The van der Waals surface area contributed by atoms with Gasteiger partial charge in [-0.25, -0.2) is 4.98 Å². The molecule has 0 fully saturated rings. The molecule has 4 N–H and O–H groups in total. The molecule has 1 amide bonds. The number of carbonyl (C=O) groups is 1. The number of imidazole rings is 1. The van der Waals surface area contributed by atoms with Gasteiger partial charge in [-0.3, -0.25) is 4.79 Å². The van der Waals surface area contributed by atoms with Crippen LogP contribution in [0, 0.1) is 0 Å². The lowest BCUT2D eigenvalue weighted by Gasteiger charge is -1.93. The normalized spacial score (nSPS) is 9.91. The van der Waals surface area contributed by atoms with Crippen molar-refractivity contribution >= 4 is 5.91 Å². The Hall–Kier alpha value is -1.36. The van der Waals surface area contributed by atoms with Gasteiger partial charge in [-0.05, 0) is 0 Å². The van der Waals surface area contributed by atoms with Crippen LogP contribution < -0.4 is 11.5 Å². The van der Waals surface area contributed by atoms with Gasteiger partial charge in [-0.1, -0.05) is 0 Å². The monoisotopic (exact) mass is 154 g/mol. The Morgan fingerprint density at radius 2 is 2.45 bits per heavy atom. The molecular weight excluding hydrogens is 144 g/mol. The quantitative estimate of drug-likeness (QED) is 0.575. The zero-order valence-corrected chi connectivity index (χ0v) is 6.03. The molecule has 0 saturated heterocycles. The molecule has 0 aliphatic rings. The van der Waals surface area contributed by atoms with Gasteiger partial charge < -0.3 is 16.0 Å². The fourth-order valence-corrected chi connectivity index (χ4v) is 0.778. The first-order valence-corrected chi connectivity index (χ1v) is 3.21. The molecule has 0 spiro atoms. The Kier molecular flexibility index (Phi) is 2.22. The summed E-state index contributed by atoms with van der Waals surface area (Å²) in [7, 11) is 0. The third-order valence-corrected chi connectivity index (χ3v) is 1.23. The van der Waals surface area contributed by atoms with Crippen LogP contribution in [0.25, 0.3) is 0 Å². The van der Waals surface area contributed by atoms with Crippen LogP contribution in [0.15, 0.2) is 12.5 Å². The zero-order chi connectivity index (χ0) is 8.27. The molecule has 11 heavy (non-hydrogen) atoms. The average molecular weight is 154 g/mol. The minimum atomic E-state index is -0.383. The van der Waals surface area contributed by atoms with Gasteiger partial charge >= 0.3 is 0 Å². The molecule has 0 bridgehead atoms. The summed E-state index contributed by atoms with van der Waals surface area (Å²) in [6.45, 7) is 0.540. The van der Waals surface area contributed by atoms with E-state index in [2.05, 4.69) is 4.98 Å². The van der Waals surface area contributed by atoms with Crippen molar-refractivity contribution in [2.24, 2.45) is 11.5 Å². The highest BCUT2D eigenvalue weighted by molar-refractivity contribution is 5.73. The van der Waals surface area contributed by atoms with Gasteiger partial charge in [0.15, 0.2) is 0 Å². The predicted octanol–water partition coefficient (Wildman–Crippen LogP) is -1.17. The molecule has 5 heteroatoms. The van der Waals surface area contributed by atoms with Crippen LogP contribution >= 0.6 is 0 Å². The Labute approximate surface area is 64.0 Å². The second-order valence-electron chi connectivity index (χ2n) is 2.21. The van der Waals surface area contributed by atoms with E-state index in [1.165, 1.54) is 6.33 Å². The van der Waals surface area contributed by atoms with Crippen LogP contribution in [-0.4, -0.2) is 15.5 Å². The number of amides is 1. The second-order valence-corrected chi connectivity index (χ2v) is 2.21. The number of primary amides is 1. The van der Waals surface area contributed by atoms with E-state index >= 15 is 0 Å². The third kappa shape index (κ3) is 2.05. The lowest BCUT2D eigenvalue weighted by molar-refractivity contribution is -0.118. The van der Waals surface area contributed by atoms with Crippen molar-refractivity contribution in [3.05, 3.63) is 18.2 Å². The van der Waals surface area contributed by atoms with Crippen LogP contribution in [0.3, 0.4) is 0 Å². The summed E-state index contributed by atoms with van der Waals surface area (Å²) in [6.07, 6.45) is 3.23. The maximum Gasteiger partial charge on any atom is 0.237 e. The standard InChI is InChI=1S/C6H10N4O/c7-1-5-2-10(4-9-5)3-6(8)11/h2,4H,1,3,7H2,(H2,8,11). The Bertz CT molecular complexity index is 255. The van der Waals surface area contributed by atoms with Crippen molar-refractivity contribution in [3.8, 4) is 0 Å². The molecule has 5 nitrogen and oxygen atoms in total. The predicted molar refractivity (Wildman–Crippen MR) is 39.3 cm³/mol. The van der Waals surface area contributed by atoms with E-state index in [-0.39, 0.29) is 12.5 Å². The zero-order valence-electron chi connectivity index (χ0n) is 6.03. The molecule has 0 unspecified atom stereocenters. The van der Waals surface area contributed by atoms with Crippen LogP contribution in [0.1, 0.15) is 5.69 Å². The van der Waals surface area contributed by atoms with Gasteiger partial charge in [-0.15, -0.1) is 0 Å². The molecule has 1 aromatic rings. The molecule has 0 aliphatic heterocycles. The van der Waals surface area contributed by atoms with Crippen molar-refractivity contribution in [1.82, 2.24) is 9.55 Å². The number of hydrogen-bond acceptors (Lipinski definition) is 3. The summed E-state index contributed by atoms with van der Waals surface area (Å²) >= 11 is 0. The van der Waals surface area contributed by atoms with Crippen molar-refractivity contribution < 1.29 is 4.79 Å². The molecule has 0 saturated carbocycles. The number of carbonyl (C=O) groups excluding carboxylic acids is 1. The smallest absolute Gasteiger partial charge is 0.237 e. The summed E-state index contributed by atoms with van der Waals surface area (Å²) in [5.41, 5.74) is 11.0. The van der Waals surface area contributed by atoms with Crippen LogP contribution in [0.4, 0.5) is 0 Å². The molecule has 0 aliphatic carbocycles. The van der Waals surface area contributed by atoms with Crippen LogP contribution in [-0.2, 0) is 17.9 Å². The van der Waals surface area contributed by atoms with Crippen LogP contribution in [0.2, 0.25) is 0 Å². The van der Waals surface area contributed by atoms with Gasteiger partial charge in [0.25, 0.3) is 0 Å².